The molecule has 104 valence electrons. The Morgan fingerprint density at radius 1 is 1.42 bits per heavy atom. The van der Waals surface area contributed by atoms with E-state index in [4.69, 9.17) is 5.73 Å². The molecule has 2 aromatic heterocycles. The van der Waals surface area contributed by atoms with Crippen LogP contribution in [-0.4, -0.2) is 25.6 Å². The summed E-state index contributed by atoms with van der Waals surface area (Å²) >= 11 is 0. The summed E-state index contributed by atoms with van der Waals surface area (Å²) in [5.74, 6) is 0.714. The molecule has 1 atom stereocenters. The number of aryl methyl sites for hydroxylation is 1. The van der Waals surface area contributed by atoms with E-state index in [1.54, 1.807) is 11.6 Å². The highest BCUT2D eigenvalue weighted by Crippen LogP contribution is 2.15. The van der Waals surface area contributed by atoms with Crippen LogP contribution in [0.4, 0.5) is 0 Å². The van der Waals surface area contributed by atoms with Crippen molar-refractivity contribution in [3.05, 3.63) is 26.7 Å². The lowest BCUT2D eigenvalue weighted by Crippen LogP contribution is -2.32. The molecule has 19 heavy (non-hydrogen) atoms. The third kappa shape index (κ3) is 2.10. The van der Waals surface area contributed by atoms with E-state index in [2.05, 4.69) is 9.97 Å². The largest absolute Gasteiger partial charge is 0.330 e. The van der Waals surface area contributed by atoms with Gasteiger partial charge in [0.1, 0.15) is 5.82 Å². The second kappa shape index (κ2) is 5.00. The molecular weight excluding hydrogens is 246 g/mol. The monoisotopic (exact) mass is 265 g/mol. The zero-order valence-corrected chi connectivity index (χ0v) is 11.4. The van der Waals surface area contributed by atoms with Crippen molar-refractivity contribution in [2.75, 3.05) is 6.54 Å². The molecule has 0 spiro atoms. The maximum absolute atomic E-state index is 12.0. The van der Waals surface area contributed by atoms with Crippen molar-refractivity contribution in [1.82, 2.24) is 19.1 Å². The first kappa shape index (κ1) is 13.5. The van der Waals surface area contributed by atoms with Gasteiger partial charge < -0.3 is 10.3 Å². The topological polar surface area (TPSA) is 98.7 Å². The molecule has 0 amide bonds. The van der Waals surface area contributed by atoms with Crippen molar-refractivity contribution in [1.29, 1.82) is 0 Å². The van der Waals surface area contributed by atoms with Crippen LogP contribution in [0, 0.1) is 0 Å². The highest BCUT2D eigenvalue weighted by Gasteiger charge is 2.18. The predicted octanol–water partition coefficient (Wildman–Crippen LogP) is -0.104. The molecule has 0 aliphatic carbocycles. The number of rotatable bonds is 4. The van der Waals surface area contributed by atoms with Crippen molar-refractivity contribution in [3.63, 3.8) is 0 Å². The summed E-state index contributed by atoms with van der Waals surface area (Å²) in [5, 5.41) is 0. The Morgan fingerprint density at radius 2 is 2.11 bits per heavy atom. The molecule has 0 radical (unpaired) electrons. The molecule has 0 saturated heterocycles. The Balaban J connectivity index is 2.86. The average molecular weight is 265 g/mol. The lowest BCUT2D eigenvalue weighted by Gasteiger charge is -2.12. The van der Waals surface area contributed by atoms with E-state index < -0.39 is 11.2 Å². The molecule has 2 rings (SSSR count). The molecule has 0 aromatic carbocycles. The quantitative estimate of drug-likeness (QED) is 0.806. The summed E-state index contributed by atoms with van der Waals surface area (Å²) < 4.78 is 3.25. The second-order valence-electron chi connectivity index (χ2n) is 4.68. The number of aromatic amines is 1. The first-order valence-corrected chi connectivity index (χ1v) is 6.41. The number of nitrogens with one attached hydrogen (secondary N) is 1. The lowest BCUT2D eigenvalue weighted by atomic mass is 10.2. The first-order valence-electron chi connectivity index (χ1n) is 6.41. The van der Waals surface area contributed by atoms with Gasteiger partial charge in [0.15, 0.2) is 11.2 Å². The first-order chi connectivity index (χ1) is 9.01. The Kier molecular flexibility index (Phi) is 3.57. The highest BCUT2D eigenvalue weighted by molar-refractivity contribution is 5.71. The van der Waals surface area contributed by atoms with E-state index in [1.807, 2.05) is 13.8 Å². The summed E-state index contributed by atoms with van der Waals surface area (Å²) in [6.07, 6.45) is 1.35. The zero-order chi connectivity index (χ0) is 14.2. The minimum Gasteiger partial charge on any atom is -0.330 e. The Hall–Kier alpha value is -1.89. The Bertz CT molecular complexity index is 709. The molecule has 0 saturated carbocycles. The number of aromatic nitrogens is 4. The van der Waals surface area contributed by atoms with Gasteiger partial charge in [0.2, 0.25) is 0 Å². The standard InChI is InChI=1S/C12H19N5O2/c1-4-7(2)17-10-9(11(18)15-12(17)19)16(3)8(14-10)5-6-13/h7H,4-6,13H2,1-3H3,(H,15,18,19). The summed E-state index contributed by atoms with van der Waals surface area (Å²) in [7, 11) is 1.76. The van der Waals surface area contributed by atoms with Crippen molar-refractivity contribution in [2.45, 2.75) is 32.7 Å². The molecule has 0 bridgehead atoms. The molecule has 0 aliphatic heterocycles. The SMILES string of the molecule is CCC(C)n1c(=O)[nH]c(=O)c2c1nc(CCN)n2C. The van der Waals surface area contributed by atoms with Crippen LogP contribution in [0.15, 0.2) is 9.59 Å². The van der Waals surface area contributed by atoms with Gasteiger partial charge in [-0.3, -0.25) is 14.3 Å². The average Bonchev–Trinajstić information content (AvgIpc) is 2.67. The van der Waals surface area contributed by atoms with Crippen LogP contribution in [0.3, 0.4) is 0 Å². The molecule has 0 aliphatic rings. The molecule has 7 nitrogen and oxygen atoms in total. The molecular formula is C12H19N5O2. The van der Waals surface area contributed by atoms with Crippen LogP contribution < -0.4 is 17.0 Å². The lowest BCUT2D eigenvalue weighted by molar-refractivity contribution is 0.517. The Morgan fingerprint density at radius 3 is 2.68 bits per heavy atom. The van der Waals surface area contributed by atoms with Crippen LogP contribution in [0.1, 0.15) is 32.1 Å². The smallest absolute Gasteiger partial charge is 0.330 e. The fourth-order valence-electron chi connectivity index (χ4n) is 2.21. The van der Waals surface area contributed by atoms with Gasteiger partial charge in [-0.2, -0.15) is 0 Å². The van der Waals surface area contributed by atoms with Gasteiger partial charge in [-0.25, -0.2) is 9.78 Å². The van der Waals surface area contributed by atoms with Crippen LogP contribution in [0.2, 0.25) is 0 Å². The van der Waals surface area contributed by atoms with Gasteiger partial charge in [-0.1, -0.05) is 6.92 Å². The minimum atomic E-state index is -0.413. The summed E-state index contributed by atoms with van der Waals surface area (Å²) in [6.45, 7) is 4.36. The van der Waals surface area contributed by atoms with Crippen LogP contribution >= 0.6 is 0 Å². The van der Waals surface area contributed by atoms with Crippen LogP contribution in [0.5, 0.6) is 0 Å². The van der Waals surface area contributed by atoms with Gasteiger partial charge >= 0.3 is 5.69 Å². The number of hydrogen-bond donors (Lipinski definition) is 2. The second-order valence-corrected chi connectivity index (χ2v) is 4.68. The van der Waals surface area contributed by atoms with Gasteiger partial charge in [0.25, 0.3) is 5.56 Å². The number of fused-ring (bicyclic) bond motifs is 1. The van der Waals surface area contributed by atoms with Crippen LogP contribution in [-0.2, 0) is 13.5 Å². The van der Waals surface area contributed by atoms with Crippen molar-refractivity contribution >= 4 is 11.2 Å². The van der Waals surface area contributed by atoms with E-state index in [-0.39, 0.29) is 6.04 Å². The third-order valence-corrected chi connectivity index (χ3v) is 3.45. The molecule has 2 heterocycles. The molecule has 0 fully saturated rings. The Labute approximate surface area is 110 Å². The summed E-state index contributed by atoms with van der Waals surface area (Å²) in [5.41, 5.74) is 5.58. The van der Waals surface area contributed by atoms with Crippen molar-refractivity contribution in [3.8, 4) is 0 Å². The van der Waals surface area contributed by atoms with E-state index in [9.17, 15) is 9.59 Å². The number of hydrogen-bond acceptors (Lipinski definition) is 4. The normalized spacial score (nSPS) is 13.1. The fraction of sp³-hybridized carbons (Fsp3) is 0.583. The summed E-state index contributed by atoms with van der Waals surface area (Å²) in [4.78, 5) is 30.7. The molecule has 7 heteroatoms. The van der Waals surface area contributed by atoms with Gasteiger partial charge in [-0.15, -0.1) is 0 Å². The maximum Gasteiger partial charge on any atom is 0.330 e. The van der Waals surface area contributed by atoms with E-state index >= 15 is 0 Å². The minimum absolute atomic E-state index is 0.0209. The third-order valence-electron chi connectivity index (χ3n) is 3.45. The van der Waals surface area contributed by atoms with E-state index in [0.29, 0.717) is 30.0 Å². The molecule has 2 aromatic rings. The van der Waals surface area contributed by atoms with E-state index in [0.717, 1.165) is 6.42 Å². The maximum atomic E-state index is 12.0. The highest BCUT2D eigenvalue weighted by atomic mass is 16.2. The molecule has 1 unspecified atom stereocenters. The van der Waals surface area contributed by atoms with Crippen molar-refractivity contribution in [2.24, 2.45) is 12.8 Å². The van der Waals surface area contributed by atoms with Gasteiger partial charge in [-0.05, 0) is 19.9 Å². The van der Waals surface area contributed by atoms with E-state index in [1.165, 1.54) is 4.57 Å². The number of imidazole rings is 1. The summed E-state index contributed by atoms with van der Waals surface area (Å²) in [6, 6.07) is -0.0209. The van der Waals surface area contributed by atoms with Gasteiger partial charge in [0.05, 0.1) is 0 Å². The zero-order valence-electron chi connectivity index (χ0n) is 11.4. The number of nitrogens with two attached hydrogens (primary N) is 1. The number of nitrogens with zero attached hydrogens (tertiary/aromatic N) is 3. The van der Waals surface area contributed by atoms with Crippen LogP contribution in [0.25, 0.3) is 11.2 Å². The van der Waals surface area contributed by atoms with Crippen molar-refractivity contribution < 1.29 is 0 Å². The van der Waals surface area contributed by atoms with Gasteiger partial charge in [0, 0.05) is 19.5 Å². The number of H-pyrrole nitrogens is 1. The molecule has 3 N–H and O–H groups in total. The fourth-order valence-corrected chi connectivity index (χ4v) is 2.21. The predicted molar refractivity (Wildman–Crippen MR) is 73.4 cm³/mol.